The topological polar surface area (TPSA) is 65.0 Å². The van der Waals surface area contributed by atoms with E-state index in [9.17, 15) is 0 Å². The van der Waals surface area contributed by atoms with Gasteiger partial charge < -0.3 is 8.83 Å². The Bertz CT molecular complexity index is 3550. The van der Waals surface area contributed by atoms with E-state index in [1.807, 2.05) is 48.5 Å². The van der Waals surface area contributed by atoms with E-state index in [1.54, 1.807) is 0 Å². The molecule has 0 amide bonds. The first-order valence-electron chi connectivity index (χ1n) is 18.8. The van der Waals surface area contributed by atoms with Crippen LogP contribution in [0.25, 0.3) is 121 Å². The molecule has 0 aliphatic rings. The summed E-state index contributed by atoms with van der Waals surface area (Å²) in [6, 6.07) is 60.9. The number of furan rings is 2. The van der Waals surface area contributed by atoms with Gasteiger partial charge in [-0.05, 0) is 74.5 Å². The van der Waals surface area contributed by atoms with Gasteiger partial charge in [0.05, 0.1) is 0 Å². The van der Waals surface area contributed by atoms with Gasteiger partial charge in [-0.2, -0.15) is 0 Å². The Hall–Kier alpha value is -7.63. The quantitative estimate of drug-likeness (QED) is 0.170. The molecule has 260 valence electrons. The summed E-state index contributed by atoms with van der Waals surface area (Å²) in [5.41, 5.74) is 8.29. The van der Waals surface area contributed by atoms with E-state index < -0.39 is 0 Å². The van der Waals surface area contributed by atoms with Crippen LogP contribution in [-0.2, 0) is 0 Å². The highest BCUT2D eigenvalue weighted by molar-refractivity contribution is 6.30. The highest BCUT2D eigenvalue weighted by Gasteiger charge is 2.21. The van der Waals surface area contributed by atoms with E-state index in [0.29, 0.717) is 17.5 Å². The van der Waals surface area contributed by atoms with Crippen molar-refractivity contribution in [2.24, 2.45) is 0 Å². The average molecular weight is 716 g/mol. The monoisotopic (exact) mass is 715 g/mol. The van der Waals surface area contributed by atoms with Crippen molar-refractivity contribution in [1.29, 1.82) is 0 Å². The number of nitrogens with zero attached hydrogens (tertiary/aromatic N) is 3. The van der Waals surface area contributed by atoms with Crippen molar-refractivity contribution in [2.75, 3.05) is 0 Å². The standard InChI is InChI=1S/C51H29N3O2/c1-2-13-30(14-3-1)41-29-33(27-31-15-4-5-16-34(31)41)50-52-49(53-51(54-50)40-21-12-24-45-46(40)38-19-8-10-22-43(38)55-45)32-25-26-36-35-17-6-7-18-37(35)48-47(42(36)28-32)39-20-9-11-23-44(39)56-48/h1-29H. The Morgan fingerprint density at radius 2 is 0.911 bits per heavy atom. The second kappa shape index (κ2) is 11.9. The second-order valence-corrected chi connectivity index (χ2v) is 14.3. The SMILES string of the molecule is c1ccc(-c2cc(-c3nc(-c4ccc5c6ccccc6c6oc7ccccc7c6c5c4)nc(-c4cccc5oc6ccccc6c45)n3)cc3ccccc23)cc1. The van der Waals surface area contributed by atoms with Gasteiger partial charge in [0.15, 0.2) is 17.5 Å². The molecular weight excluding hydrogens is 687 g/mol. The highest BCUT2D eigenvalue weighted by atomic mass is 16.3. The fourth-order valence-electron chi connectivity index (χ4n) is 8.56. The first-order chi connectivity index (χ1) is 27.7. The lowest BCUT2D eigenvalue weighted by molar-refractivity contribution is 0.669. The van der Waals surface area contributed by atoms with Crippen molar-refractivity contribution in [3.63, 3.8) is 0 Å². The van der Waals surface area contributed by atoms with Crippen molar-refractivity contribution < 1.29 is 8.83 Å². The summed E-state index contributed by atoms with van der Waals surface area (Å²) in [6.07, 6.45) is 0. The molecule has 3 aromatic heterocycles. The summed E-state index contributed by atoms with van der Waals surface area (Å²) in [5, 5.41) is 10.9. The Balaban J connectivity index is 1.16. The predicted octanol–water partition coefficient (Wildman–Crippen LogP) is 13.8. The summed E-state index contributed by atoms with van der Waals surface area (Å²) in [6.45, 7) is 0. The van der Waals surface area contributed by atoms with Gasteiger partial charge in [0.25, 0.3) is 0 Å². The smallest absolute Gasteiger partial charge is 0.164 e. The van der Waals surface area contributed by atoms with Gasteiger partial charge in [0.2, 0.25) is 0 Å². The van der Waals surface area contributed by atoms with Crippen LogP contribution >= 0.6 is 0 Å². The number of hydrogen-bond acceptors (Lipinski definition) is 5. The fourth-order valence-corrected chi connectivity index (χ4v) is 8.56. The second-order valence-electron chi connectivity index (χ2n) is 14.3. The minimum absolute atomic E-state index is 0.578. The van der Waals surface area contributed by atoms with E-state index in [1.165, 1.54) is 5.39 Å². The van der Waals surface area contributed by atoms with E-state index in [-0.39, 0.29) is 0 Å². The normalized spacial score (nSPS) is 11.9. The Kier molecular flexibility index (Phi) is 6.56. The molecule has 3 heterocycles. The van der Waals surface area contributed by atoms with Gasteiger partial charge >= 0.3 is 0 Å². The lowest BCUT2D eigenvalue weighted by Gasteiger charge is -2.13. The van der Waals surface area contributed by atoms with Crippen LogP contribution in [0.1, 0.15) is 0 Å². The van der Waals surface area contributed by atoms with Gasteiger partial charge in [-0.1, -0.05) is 140 Å². The number of benzene rings is 9. The molecule has 0 saturated heterocycles. The van der Waals surface area contributed by atoms with Crippen LogP contribution in [0.15, 0.2) is 185 Å². The van der Waals surface area contributed by atoms with Crippen LogP contribution in [0.3, 0.4) is 0 Å². The number of fused-ring (bicyclic) bond motifs is 12. The minimum atomic E-state index is 0.578. The van der Waals surface area contributed by atoms with E-state index in [4.69, 9.17) is 23.8 Å². The van der Waals surface area contributed by atoms with Gasteiger partial charge in [-0.3, -0.25) is 0 Å². The maximum Gasteiger partial charge on any atom is 0.164 e. The number of aromatic nitrogens is 3. The maximum absolute atomic E-state index is 6.57. The first kappa shape index (κ1) is 30.8. The first-order valence-corrected chi connectivity index (χ1v) is 18.8. The van der Waals surface area contributed by atoms with Crippen molar-refractivity contribution in [2.45, 2.75) is 0 Å². The van der Waals surface area contributed by atoms with E-state index >= 15 is 0 Å². The molecule has 0 spiro atoms. The maximum atomic E-state index is 6.57. The number of rotatable bonds is 4. The molecule has 9 aromatic carbocycles. The molecule has 5 nitrogen and oxygen atoms in total. The molecule has 0 bridgehead atoms. The molecule has 0 atom stereocenters. The Morgan fingerprint density at radius 1 is 0.304 bits per heavy atom. The molecule has 12 rings (SSSR count). The highest BCUT2D eigenvalue weighted by Crippen LogP contribution is 2.43. The zero-order valence-electron chi connectivity index (χ0n) is 29.9. The summed E-state index contributed by atoms with van der Waals surface area (Å²) in [4.78, 5) is 15.9. The molecule has 0 radical (unpaired) electrons. The van der Waals surface area contributed by atoms with Gasteiger partial charge in [-0.15, -0.1) is 0 Å². The van der Waals surface area contributed by atoms with Gasteiger partial charge in [-0.25, -0.2) is 15.0 Å². The molecule has 0 aliphatic heterocycles. The lowest BCUT2D eigenvalue weighted by atomic mass is 9.95. The summed E-state index contributed by atoms with van der Waals surface area (Å²) in [5.74, 6) is 1.75. The largest absolute Gasteiger partial charge is 0.456 e. The molecular formula is C51H29N3O2. The zero-order valence-corrected chi connectivity index (χ0v) is 29.9. The molecule has 12 aromatic rings. The average Bonchev–Trinajstić information content (AvgIpc) is 3.86. The molecule has 56 heavy (non-hydrogen) atoms. The molecule has 0 unspecified atom stereocenters. The third kappa shape index (κ3) is 4.64. The van der Waals surface area contributed by atoms with Crippen molar-refractivity contribution in [3.05, 3.63) is 176 Å². The summed E-state index contributed by atoms with van der Waals surface area (Å²) in [7, 11) is 0. The van der Waals surface area contributed by atoms with Crippen LogP contribution in [0, 0.1) is 0 Å². The molecule has 5 heteroatoms. The van der Waals surface area contributed by atoms with Crippen molar-refractivity contribution in [1.82, 2.24) is 15.0 Å². The third-order valence-corrected chi connectivity index (χ3v) is 11.1. The number of para-hydroxylation sites is 2. The van der Waals surface area contributed by atoms with Crippen molar-refractivity contribution >= 4 is 76.2 Å². The fraction of sp³-hybridized carbons (Fsp3) is 0. The minimum Gasteiger partial charge on any atom is -0.456 e. The molecule has 0 N–H and O–H groups in total. The van der Waals surface area contributed by atoms with E-state index in [2.05, 4.69) is 127 Å². The lowest BCUT2D eigenvalue weighted by Crippen LogP contribution is -2.01. The molecule has 0 aliphatic carbocycles. The summed E-state index contributed by atoms with van der Waals surface area (Å²) >= 11 is 0. The van der Waals surface area contributed by atoms with Crippen LogP contribution < -0.4 is 0 Å². The van der Waals surface area contributed by atoms with Crippen LogP contribution in [0.2, 0.25) is 0 Å². The third-order valence-electron chi connectivity index (χ3n) is 11.1. The van der Waals surface area contributed by atoms with Crippen LogP contribution in [0.4, 0.5) is 0 Å². The Labute approximate surface area is 320 Å². The van der Waals surface area contributed by atoms with Gasteiger partial charge in [0, 0.05) is 43.6 Å². The summed E-state index contributed by atoms with van der Waals surface area (Å²) < 4.78 is 12.9. The zero-order chi connectivity index (χ0) is 36.7. The number of hydrogen-bond donors (Lipinski definition) is 0. The van der Waals surface area contributed by atoms with Crippen LogP contribution in [-0.4, -0.2) is 15.0 Å². The predicted molar refractivity (Wildman–Crippen MR) is 229 cm³/mol. The van der Waals surface area contributed by atoms with Crippen LogP contribution in [0.5, 0.6) is 0 Å². The van der Waals surface area contributed by atoms with Gasteiger partial charge in [0.1, 0.15) is 22.3 Å². The van der Waals surface area contributed by atoms with E-state index in [0.717, 1.165) is 98.6 Å². The molecule has 0 saturated carbocycles. The Morgan fingerprint density at radius 3 is 1.73 bits per heavy atom. The molecule has 0 fully saturated rings. The van der Waals surface area contributed by atoms with Crippen molar-refractivity contribution in [3.8, 4) is 45.3 Å².